The Morgan fingerprint density at radius 2 is 1.25 bits per heavy atom. The lowest BCUT2D eigenvalue weighted by Crippen LogP contribution is -1.88. The van der Waals surface area contributed by atoms with Gasteiger partial charge in [0.15, 0.2) is 0 Å². The fraction of sp³-hybridized carbons (Fsp3) is 0.667. The first kappa shape index (κ1) is 6.44. The maximum atomic E-state index is 5.71. The number of rotatable bonds is 0. The zero-order chi connectivity index (χ0) is 5.98. The summed E-state index contributed by atoms with van der Waals surface area (Å²) < 4.78 is 0. The minimum atomic E-state index is 0.873. The van der Waals surface area contributed by atoms with Gasteiger partial charge in [0.05, 0.1) is 0 Å². The molecule has 46 valence electrons. The van der Waals surface area contributed by atoms with Crippen molar-refractivity contribution in [1.82, 2.24) is 0 Å². The molecule has 0 nitrogen and oxygen atoms in total. The van der Waals surface area contributed by atoms with Crippen molar-refractivity contribution >= 4 is 23.2 Å². The number of hydrogen-bond acceptors (Lipinski definition) is 0. The van der Waals surface area contributed by atoms with E-state index in [1.807, 2.05) is 0 Å². The van der Waals surface area contributed by atoms with E-state index in [-0.39, 0.29) is 0 Å². The van der Waals surface area contributed by atoms with Crippen LogP contribution in [0.5, 0.6) is 0 Å². The van der Waals surface area contributed by atoms with Crippen LogP contribution < -0.4 is 0 Å². The SMILES string of the molecule is ClC1=C(Cl)CCCC1. The van der Waals surface area contributed by atoms with Crippen LogP contribution >= 0.6 is 23.2 Å². The van der Waals surface area contributed by atoms with Crippen molar-refractivity contribution in [2.24, 2.45) is 0 Å². The quantitative estimate of drug-likeness (QED) is 0.498. The molecule has 8 heavy (non-hydrogen) atoms. The largest absolute Gasteiger partial charge is 0.0879 e. The van der Waals surface area contributed by atoms with Gasteiger partial charge >= 0.3 is 0 Å². The lowest BCUT2D eigenvalue weighted by Gasteiger charge is -2.08. The summed E-state index contributed by atoms with van der Waals surface area (Å²) in [6.07, 6.45) is 4.38. The van der Waals surface area contributed by atoms with Crippen LogP contribution in [0.1, 0.15) is 25.7 Å². The monoisotopic (exact) mass is 150 g/mol. The average molecular weight is 151 g/mol. The summed E-state index contributed by atoms with van der Waals surface area (Å²) in [5.41, 5.74) is 0. The van der Waals surface area contributed by atoms with E-state index in [1.165, 1.54) is 12.8 Å². The fourth-order valence-corrected chi connectivity index (χ4v) is 1.29. The lowest BCUT2D eigenvalue weighted by atomic mass is 10.1. The predicted octanol–water partition coefficient (Wildman–Crippen LogP) is 3.25. The van der Waals surface area contributed by atoms with E-state index in [1.54, 1.807) is 0 Å². The van der Waals surface area contributed by atoms with Gasteiger partial charge in [-0.1, -0.05) is 23.2 Å². The van der Waals surface area contributed by atoms with Gasteiger partial charge < -0.3 is 0 Å². The van der Waals surface area contributed by atoms with Crippen molar-refractivity contribution in [3.63, 3.8) is 0 Å². The van der Waals surface area contributed by atoms with Crippen molar-refractivity contribution in [3.05, 3.63) is 10.1 Å². The minimum Gasteiger partial charge on any atom is -0.0879 e. The highest BCUT2D eigenvalue weighted by atomic mass is 35.5. The molecule has 0 spiro atoms. The van der Waals surface area contributed by atoms with Gasteiger partial charge in [0, 0.05) is 10.1 Å². The number of hydrogen-bond donors (Lipinski definition) is 0. The van der Waals surface area contributed by atoms with Crippen LogP contribution in [0.4, 0.5) is 0 Å². The molecule has 0 saturated heterocycles. The van der Waals surface area contributed by atoms with E-state index in [4.69, 9.17) is 23.2 Å². The second-order valence-corrected chi connectivity index (χ2v) is 2.93. The third-order valence-electron chi connectivity index (χ3n) is 1.34. The lowest BCUT2D eigenvalue weighted by molar-refractivity contribution is 0.713. The standard InChI is InChI=1S/C6H8Cl2/c7-5-3-1-2-4-6(5)8/h1-4H2. The summed E-state index contributed by atoms with van der Waals surface area (Å²) >= 11 is 11.4. The van der Waals surface area contributed by atoms with Gasteiger partial charge in [-0.15, -0.1) is 0 Å². The summed E-state index contributed by atoms with van der Waals surface area (Å²) in [7, 11) is 0. The van der Waals surface area contributed by atoms with Gasteiger partial charge in [0.2, 0.25) is 0 Å². The number of halogens is 2. The van der Waals surface area contributed by atoms with Crippen LogP contribution in [-0.4, -0.2) is 0 Å². The van der Waals surface area contributed by atoms with Gasteiger partial charge in [-0.25, -0.2) is 0 Å². The molecule has 0 atom stereocenters. The Labute approximate surface area is 59.5 Å². The van der Waals surface area contributed by atoms with Crippen molar-refractivity contribution in [1.29, 1.82) is 0 Å². The van der Waals surface area contributed by atoms with Crippen molar-refractivity contribution in [3.8, 4) is 0 Å². The molecule has 0 saturated carbocycles. The molecular formula is C6H8Cl2. The first-order chi connectivity index (χ1) is 3.80. The number of allylic oxidation sites excluding steroid dienone is 2. The van der Waals surface area contributed by atoms with E-state index in [2.05, 4.69) is 0 Å². The normalized spacial score (nSPS) is 21.8. The molecule has 0 aliphatic heterocycles. The summed E-state index contributed by atoms with van der Waals surface area (Å²) in [6, 6.07) is 0. The molecule has 0 aromatic rings. The summed E-state index contributed by atoms with van der Waals surface area (Å²) in [5, 5.41) is 1.75. The van der Waals surface area contributed by atoms with Crippen LogP contribution in [-0.2, 0) is 0 Å². The van der Waals surface area contributed by atoms with Crippen molar-refractivity contribution in [2.45, 2.75) is 25.7 Å². The van der Waals surface area contributed by atoms with E-state index in [0.29, 0.717) is 0 Å². The molecule has 1 rings (SSSR count). The molecule has 0 N–H and O–H groups in total. The molecule has 1 aliphatic carbocycles. The highest BCUT2D eigenvalue weighted by Gasteiger charge is 2.06. The van der Waals surface area contributed by atoms with E-state index in [9.17, 15) is 0 Å². The molecular weight excluding hydrogens is 143 g/mol. The van der Waals surface area contributed by atoms with Crippen LogP contribution in [0.2, 0.25) is 0 Å². The Bertz CT molecular complexity index is 102. The predicted molar refractivity (Wildman–Crippen MR) is 37.2 cm³/mol. The Hall–Kier alpha value is 0.320. The Morgan fingerprint density at radius 3 is 1.50 bits per heavy atom. The Morgan fingerprint density at radius 1 is 0.875 bits per heavy atom. The van der Waals surface area contributed by atoms with E-state index in [0.717, 1.165) is 22.9 Å². The molecule has 0 aromatic carbocycles. The first-order valence-electron chi connectivity index (χ1n) is 2.84. The Balaban J connectivity index is 2.60. The topological polar surface area (TPSA) is 0 Å². The smallest absolute Gasteiger partial charge is 0.0325 e. The molecule has 1 aliphatic rings. The van der Waals surface area contributed by atoms with Crippen molar-refractivity contribution in [2.75, 3.05) is 0 Å². The highest BCUT2D eigenvalue weighted by molar-refractivity contribution is 6.39. The minimum absolute atomic E-state index is 0.873. The summed E-state index contributed by atoms with van der Waals surface area (Å²) in [4.78, 5) is 0. The molecule has 0 radical (unpaired) electrons. The Kier molecular flexibility index (Phi) is 2.21. The molecule has 0 aromatic heterocycles. The average Bonchev–Trinajstić information content (AvgIpc) is 1.77. The first-order valence-corrected chi connectivity index (χ1v) is 3.59. The second-order valence-electron chi connectivity index (χ2n) is 2.02. The molecule has 0 unspecified atom stereocenters. The molecule has 0 bridgehead atoms. The van der Waals surface area contributed by atoms with Gasteiger partial charge in [0.25, 0.3) is 0 Å². The summed E-state index contributed by atoms with van der Waals surface area (Å²) in [6.45, 7) is 0. The molecule has 0 fully saturated rings. The van der Waals surface area contributed by atoms with Gasteiger partial charge in [-0.3, -0.25) is 0 Å². The molecule has 2 heteroatoms. The van der Waals surface area contributed by atoms with Crippen LogP contribution in [0.3, 0.4) is 0 Å². The maximum absolute atomic E-state index is 5.71. The highest BCUT2D eigenvalue weighted by Crippen LogP contribution is 2.29. The van der Waals surface area contributed by atoms with Crippen LogP contribution in [0, 0.1) is 0 Å². The maximum Gasteiger partial charge on any atom is 0.0325 e. The fourth-order valence-electron chi connectivity index (χ4n) is 0.832. The van der Waals surface area contributed by atoms with E-state index < -0.39 is 0 Å². The van der Waals surface area contributed by atoms with Gasteiger partial charge in [-0.2, -0.15) is 0 Å². The zero-order valence-corrected chi connectivity index (χ0v) is 6.10. The van der Waals surface area contributed by atoms with Gasteiger partial charge in [-0.05, 0) is 25.7 Å². The summed E-state index contributed by atoms with van der Waals surface area (Å²) in [5.74, 6) is 0. The zero-order valence-electron chi connectivity index (χ0n) is 4.58. The molecule has 0 amide bonds. The van der Waals surface area contributed by atoms with Crippen LogP contribution in [0.25, 0.3) is 0 Å². The van der Waals surface area contributed by atoms with Crippen LogP contribution in [0.15, 0.2) is 10.1 Å². The molecule has 0 heterocycles. The third kappa shape index (κ3) is 1.40. The van der Waals surface area contributed by atoms with E-state index >= 15 is 0 Å². The van der Waals surface area contributed by atoms with Crippen molar-refractivity contribution < 1.29 is 0 Å². The third-order valence-corrected chi connectivity index (χ3v) is 2.27. The second kappa shape index (κ2) is 2.75. The van der Waals surface area contributed by atoms with Gasteiger partial charge in [0.1, 0.15) is 0 Å².